The van der Waals surface area contributed by atoms with Crippen molar-refractivity contribution in [2.24, 2.45) is 11.8 Å². The Morgan fingerprint density at radius 3 is 2.59 bits per heavy atom. The third-order valence-corrected chi connectivity index (χ3v) is 8.86. The molecule has 1 saturated carbocycles. The smallest absolute Gasteiger partial charge is 0.247 e. The fourth-order valence-corrected chi connectivity index (χ4v) is 6.22. The molecule has 10 heteroatoms. The van der Waals surface area contributed by atoms with Gasteiger partial charge in [0.05, 0.1) is 13.2 Å². The molecule has 1 aromatic heterocycles. The van der Waals surface area contributed by atoms with Crippen LogP contribution in [0.15, 0.2) is 41.8 Å². The zero-order valence-corrected chi connectivity index (χ0v) is 20.6. The van der Waals surface area contributed by atoms with E-state index < -0.39 is 22.2 Å². The Morgan fingerprint density at radius 1 is 1.26 bits per heavy atom. The second-order valence-electron chi connectivity index (χ2n) is 9.38. The van der Waals surface area contributed by atoms with E-state index >= 15 is 0 Å². The van der Waals surface area contributed by atoms with Crippen LogP contribution < -0.4 is 4.74 Å². The summed E-state index contributed by atoms with van der Waals surface area (Å²) in [5, 5.41) is 9.78. The molecule has 1 amide bonds. The van der Waals surface area contributed by atoms with E-state index in [0.717, 1.165) is 30.4 Å². The number of ether oxygens (including phenoxy) is 1. The number of amides is 1. The first-order valence-electron chi connectivity index (χ1n) is 11.7. The minimum atomic E-state index is -3.93. The number of sulfonamides is 1. The highest BCUT2D eigenvalue weighted by atomic mass is 32.2. The zero-order valence-electron chi connectivity index (χ0n) is 19.8. The maximum Gasteiger partial charge on any atom is 0.247 e. The molecule has 1 aliphatic heterocycles. The van der Waals surface area contributed by atoms with Gasteiger partial charge in [0.25, 0.3) is 0 Å². The lowest BCUT2D eigenvalue weighted by atomic mass is 9.84. The summed E-state index contributed by atoms with van der Waals surface area (Å²) in [4.78, 5) is 22.6. The van der Waals surface area contributed by atoms with Gasteiger partial charge in [0, 0.05) is 49.4 Å². The molecule has 4 rings (SSSR count). The van der Waals surface area contributed by atoms with Crippen LogP contribution in [-0.2, 0) is 14.8 Å². The van der Waals surface area contributed by atoms with Crippen molar-refractivity contribution in [3.63, 3.8) is 0 Å². The molecule has 34 heavy (non-hydrogen) atoms. The SMILES string of the molecule is C[C@@H]1CN([C@@H](C)CO)S(=O)(=O)c2ccc(-c3cncnc3)cc2O[C@H]1CN(C)C(=O)C1CCC1. The van der Waals surface area contributed by atoms with Crippen molar-refractivity contribution < 1.29 is 23.1 Å². The molecule has 1 aliphatic carbocycles. The van der Waals surface area contributed by atoms with E-state index in [2.05, 4.69) is 9.97 Å². The highest BCUT2D eigenvalue weighted by Gasteiger charge is 2.39. The molecular formula is C24H32N4O5S. The van der Waals surface area contributed by atoms with Gasteiger partial charge in [-0.3, -0.25) is 4.79 Å². The lowest BCUT2D eigenvalue weighted by molar-refractivity contribution is -0.138. The summed E-state index contributed by atoms with van der Waals surface area (Å²) in [5.41, 5.74) is 1.46. The molecule has 0 bridgehead atoms. The number of aliphatic hydroxyl groups excluding tert-OH is 1. The molecule has 2 heterocycles. The van der Waals surface area contributed by atoms with Crippen LogP contribution >= 0.6 is 0 Å². The Kier molecular flexibility index (Phi) is 7.20. The van der Waals surface area contributed by atoms with Gasteiger partial charge in [-0.1, -0.05) is 19.4 Å². The van der Waals surface area contributed by atoms with Gasteiger partial charge in [-0.25, -0.2) is 18.4 Å². The summed E-state index contributed by atoms with van der Waals surface area (Å²) in [6, 6.07) is 4.31. The Morgan fingerprint density at radius 2 is 1.97 bits per heavy atom. The van der Waals surface area contributed by atoms with Crippen LogP contribution in [0.1, 0.15) is 33.1 Å². The summed E-state index contributed by atoms with van der Waals surface area (Å²) in [6.45, 7) is 3.82. The van der Waals surface area contributed by atoms with E-state index in [4.69, 9.17) is 4.74 Å². The van der Waals surface area contributed by atoms with Crippen molar-refractivity contribution in [3.05, 3.63) is 36.9 Å². The van der Waals surface area contributed by atoms with Gasteiger partial charge in [0.1, 0.15) is 23.1 Å². The molecular weight excluding hydrogens is 456 g/mol. The predicted octanol–water partition coefficient (Wildman–Crippen LogP) is 2.17. The number of rotatable bonds is 6. The van der Waals surface area contributed by atoms with Crippen molar-refractivity contribution in [3.8, 4) is 16.9 Å². The van der Waals surface area contributed by atoms with Gasteiger partial charge in [-0.2, -0.15) is 4.31 Å². The van der Waals surface area contributed by atoms with E-state index in [-0.39, 0.29) is 41.5 Å². The molecule has 9 nitrogen and oxygen atoms in total. The Balaban J connectivity index is 1.74. The lowest BCUT2D eigenvalue weighted by Crippen LogP contribution is -2.50. The standard InChI is InChI=1S/C24H32N4O5S/c1-16-12-28(17(2)14-29)34(31,32)23-8-7-19(20-10-25-15-26-11-20)9-21(23)33-22(16)13-27(3)24(30)18-5-4-6-18/h7-11,15-18,22,29H,4-6,12-14H2,1-3H3/t16-,17+,22+/m1/s1. The molecule has 2 aromatic rings. The van der Waals surface area contributed by atoms with Crippen molar-refractivity contribution in [1.82, 2.24) is 19.2 Å². The fraction of sp³-hybridized carbons (Fsp3) is 0.542. The summed E-state index contributed by atoms with van der Waals surface area (Å²) >= 11 is 0. The third kappa shape index (κ3) is 4.80. The average molecular weight is 489 g/mol. The van der Waals surface area contributed by atoms with Crippen LogP contribution in [-0.4, -0.2) is 77.5 Å². The van der Waals surface area contributed by atoms with E-state index in [1.807, 2.05) is 6.92 Å². The van der Waals surface area contributed by atoms with Crippen LogP contribution in [0.3, 0.4) is 0 Å². The van der Waals surface area contributed by atoms with Crippen molar-refractivity contribution >= 4 is 15.9 Å². The topological polar surface area (TPSA) is 113 Å². The van der Waals surface area contributed by atoms with Crippen molar-refractivity contribution in [2.75, 3.05) is 26.7 Å². The molecule has 0 spiro atoms. The first-order chi connectivity index (χ1) is 16.2. The number of hydrogen-bond acceptors (Lipinski definition) is 7. The minimum absolute atomic E-state index is 0.0401. The number of fused-ring (bicyclic) bond motifs is 1. The number of carbonyl (C=O) groups excluding carboxylic acids is 1. The van der Waals surface area contributed by atoms with Crippen LogP contribution in [0.2, 0.25) is 0 Å². The number of likely N-dealkylation sites (N-methyl/N-ethyl adjacent to an activating group) is 1. The molecule has 1 aromatic carbocycles. The monoisotopic (exact) mass is 488 g/mol. The van der Waals surface area contributed by atoms with Gasteiger partial charge in [0.15, 0.2) is 0 Å². The van der Waals surface area contributed by atoms with Crippen LogP contribution in [0, 0.1) is 11.8 Å². The number of aromatic nitrogens is 2. The highest BCUT2D eigenvalue weighted by Crippen LogP contribution is 2.36. The van der Waals surface area contributed by atoms with Crippen molar-refractivity contribution in [1.29, 1.82) is 0 Å². The number of hydrogen-bond donors (Lipinski definition) is 1. The predicted molar refractivity (Wildman–Crippen MR) is 126 cm³/mol. The van der Waals surface area contributed by atoms with Gasteiger partial charge in [-0.05, 0) is 37.5 Å². The molecule has 3 atom stereocenters. The first kappa shape index (κ1) is 24.6. The van der Waals surface area contributed by atoms with E-state index in [1.165, 1.54) is 16.7 Å². The average Bonchev–Trinajstić information content (AvgIpc) is 2.79. The number of carbonyl (C=O) groups is 1. The molecule has 0 radical (unpaired) electrons. The maximum atomic E-state index is 13.6. The number of aliphatic hydroxyl groups is 1. The molecule has 1 N–H and O–H groups in total. The second-order valence-corrected chi connectivity index (χ2v) is 11.2. The zero-order chi connectivity index (χ0) is 24.5. The summed E-state index contributed by atoms with van der Waals surface area (Å²) in [6.07, 6.45) is 7.20. The number of benzene rings is 1. The summed E-state index contributed by atoms with van der Waals surface area (Å²) in [5.74, 6) is 0.166. The minimum Gasteiger partial charge on any atom is -0.487 e. The summed E-state index contributed by atoms with van der Waals surface area (Å²) in [7, 11) is -2.15. The Labute approximate surface area is 200 Å². The Bertz CT molecular complexity index is 1120. The van der Waals surface area contributed by atoms with Gasteiger partial charge in [0.2, 0.25) is 15.9 Å². The van der Waals surface area contributed by atoms with Crippen LogP contribution in [0.5, 0.6) is 5.75 Å². The first-order valence-corrected chi connectivity index (χ1v) is 13.1. The van der Waals surface area contributed by atoms with Crippen LogP contribution in [0.25, 0.3) is 11.1 Å². The van der Waals surface area contributed by atoms with Crippen molar-refractivity contribution in [2.45, 2.75) is 50.2 Å². The Hall–Kier alpha value is -2.56. The molecule has 1 fully saturated rings. The van der Waals surface area contributed by atoms with E-state index in [0.29, 0.717) is 6.54 Å². The third-order valence-electron chi connectivity index (χ3n) is 6.85. The molecule has 2 aliphatic rings. The van der Waals surface area contributed by atoms with E-state index in [9.17, 15) is 18.3 Å². The van der Waals surface area contributed by atoms with Gasteiger partial charge >= 0.3 is 0 Å². The maximum absolute atomic E-state index is 13.6. The van der Waals surface area contributed by atoms with E-state index in [1.54, 1.807) is 43.4 Å². The molecule has 184 valence electrons. The number of nitrogens with zero attached hydrogens (tertiary/aromatic N) is 4. The molecule has 0 saturated heterocycles. The van der Waals surface area contributed by atoms with Gasteiger partial charge in [-0.15, -0.1) is 0 Å². The summed E-state index contributed by atoms with van der Waals surface area (Å²) < 4.78 is 34.9. The molecule has 0 unspecified atom stereocenters. The fourth-order valence-electron chi connectivity index (χ4n) is 4.40. The van der Waals surface area contributed by atoms with Gasteiger partial charge < -0.3 is 14.7 Å². The lowest BCUT2D eigenvalue weighted by Gasteiger charge is -2.38. The normalized spacial score (nSPS) is 23.5. The second kappa shape index (κ2) is 9.97. The highest BCUT2D eigenvalue weighted by molar-refractivity contribution is 7.89. The van der Waals surface area contributed by atoms with Crippen LogP contribution in [0.4, 0.5) is 0 Å². The quantitative estimate of drug-likeness (QED) is 0.663. The largest absolute Gasteiger partial charge is 0.487 e.